The first-order valence-corrected chi connectivity index (χ1v) is 5.17. The molecule has 6 heteroatoms. The third-order valence-electron chi connectivity index (χ3n) is 1.71. The van der Waals surface area contributed by atoms with Crippen LogP contribution in [0.15, 0.2) is 32.7 Å². The van der Waals surface area contributed by atoms with Crippen molar-refractivity contribution in [3.05, 3.63) is 35.5 Å². The van der Waals surface area contributed by atoms with E-state index in [9.17, 15) is 4.39 Å². The Morgan fingerprint density at radius 1 is 1.38 bits per heavy atom. The Balaban J connectivity index is 2.28. The topological polar surface area (TPSA) is 62.7 Å². The van der Waals surface area contributed by atoms with Crippen LogP contribution in [0.3, 0.4) is 0 Å². The molecule has 1 heterocycles. The first-order valence-electron chi connectivity index (χ1n) is 4.36. The molecule has 0 saturated carbocycles. The normalized spacial score (nSPS) is 10.1. The van der Waals surface area contributed by atoms with Crippen LogP contribution in [0.25, 0.3) is 0 Å². The number of benzene rings is 1. The Hall–Kier alpha value is -1.87. The predicted molar refractivity (Wildman–Crippen MR) is 54.3 cm³/mol. The molecule has 2 aromatic rings. The number of hydrogen-bond acceptors (Lipinski definition) is 5. The summed E-state index contributed by atoms with van der Waals surface area (Å²) in [7, 11) is 0. The molecule has 16 heavy (non-hydrogen) atoms. The summed E-state index contributed by atoms with van der Waals surface area (Å²) in [5, 5.41) is 16.4. The summed E-state index contributed by atoms with van der Waals surface area (Å²) in [6.45, 7) is 1.67. The highest BCUT2D eigenvalue weighted by atomic mass is 32.2. The van der Waals surface area contributed by atoms with E-state index in [2.05, 4.69) is 10.2 Å². The number of aromatic nitrogens is 2. The van der Waals surface area contributed by atoms with Crippen LogP contribution in [0, 0.1) is 24.1 Å². The van der Waals surface area contributed by atoms with Crippen molar-refractivity contribution in [2.75, 3.05) is 0 Å². The molecule has 80 valence electrons. The Kier molecular flexibility index (Phi) is 2.88. The molecule has 0 unspecified atom stereocenters. The summed E-state index contributed by atoms with van der Waals surface area (Å²) >= 11 is 1.12. The van der Waals surface area contributed by atoms with Gasteiger partial charge in [-0.25, -0.2) is 4.39 Å². The molecule has 1 aromatic carbocycles. The zero-order valence-corrected chi connectivity index (χ0v) is 9.08. The lowest BCUT2D eigenvalue weighted by Crippen LogP contribution is -1.82. The van der Waals surface area contributed by atoms with E-state index in [-0.39, 0.29) is 5.56 Å². The fourth-order valence-corrected chi connectivity index (χ4v) is 1.91. The average Bonchev–Trinajstić information content (AvgIpc) is 2.63. The van der Waals surface area contributed by atoms with Crippen molar-refractivity contribution >= 4 is 11.8 Å². The van der Waals surface area contributed by atoms with E-state index < -0.39 is 5.82 Å². The van der Waals surface area contributed by atoms with E-state index in [4.69, 9.17) is 9.68 Å². The number of rotatable bonds is 2. The molecule has 0 atom stereocenters. The van der Waals surface area contributed by atoms with E-state index in [1.165, 1.54) is 12.1 Å². The van der Waals surface area contributed by atoms with Crippen LogP contribution in [-0.4, -0.2) is 10.2 Å². The van der Waals surface area contributed by atoms with E-state index in [0.29, 0.717) is 16.0 Å². The van der Waals surface area contributed by atoms with Crippen LogP contribution in [-0.2, 0) is 0 Å². The zero-order valence-electron chi connectivity index (χ0n) is 8.27. The van der Waals surface area contributed by atoms with Gasteiger partial charge in [-0.05, 0) is 30.0 Å². The summed E-state index contributed by atoms with van der Waals surface area (Å²) in [4.78, 5) is 0.556. The van der Waals surface area contributed by atoms with Gasteiger partial charge in [0.25, 0.3) is 5.22 Å². The maximum atomic E-state index is 13.1. The molecule has 0 aliphatic carbocycles. The lowest BCUT2D eigenvalue weighted by molar-refractivity contribution is 0.429. The molecule has 0 saturated heterocycles. The van der Waals surface area contributed by atoms with Crippen LogP contribution in [0.4, 0.5) is 4.39 Å². The summed E-state index contributed by atoms with van der Waals surface area (Å²) in [6.07, 6.45) is 0. The highest BCUT2D eigenvalue weighted by Crippen LogP contribution is 2.27. The number of aryl methyl sites for hydroxylation is 1. The number of nitriles is 1. The molecule has 0 N–H and O–H groups in total. The quantitative estimate of drug-likeness (QED) is 0.800. The van der Waals surface area contributed by atoms with Gasteiger partial charge < -0.3 is 4.42 Å². The number of nitrogens with zero attached hydrogens (tertiary/aromatic N) is 3. The van der Waals surface area contributed by atoms with E-state index in [1.54, 1.807) is 13.0 Å². The second kappa shape index (κ2) is 4.33. The molecule has 0 amide bonds. The summed E-state index contributed by atoms with van der Waals surface area (Å²) in [5.41, 5.74) is 0.263. The fourth-order valence-electron chi connectivity index (χ4n) is 1.11. The Morgan fingerprint density at radius 2 is 2.19 bits per heavy atom. The molecule has 4 nitrogen and oxygen atoms in total. The maximum absolute atomic E-state index is 13.1. The van der Waals surface area contributed by atoms with Crippen molar-refractivity contribution < 1.29 is 8.81 Å². The molecule has 2 rings (SSSR count). The first-order chi connectivity index (χ1) is 7.67. The highest BCUT2D eigenvalue weighted by molar-refractivity contribution is 7.99. The Labute approximate surface area is 95.1 Å². The third-order valence-corrected chi connectivity index (χ3v) is 2.52. The maximum Gasteiger partial charge on any atom is 0.281 e. The lowest BCUT2D eigenvalue weighted by atomic mass is 10.2. The smallest absolute Gasteiger partial charge is 0.281 e. The van der Waals surface area contributed by atoms with Gasteiger partial charge in [-0.1, -0.05) is 0 Å². The molecular formula is C10H6FN3OS. The Bertz CT molecular complexity index is 561. The second-order valence-corrected chi connectivity index (χ2v) is 4.00. The molecular weight excluding hydrogens is 229 g/mol. The standard InChI is InChI=1S/C10H6FN3OS/c1-6-13-14-10(15-6)16-9-3-7(5-12)2-8(11)4-9/h2-4H,1H3. The van der Waals surface area contributed by atoms with Gasteiger partial charge in [0.1, 0.15) is 5.82 Å². The van der Waals surface area contributed by atoms with Crippen LogP contribution in [0.1, 0.15) is 11.5 Å². The van der Waals surface area contributed by atoms with Crippen LogP contribution in [0.2, 0.25) is 0 Å². The molecule has 1 aromatic heterocycles. The fraction of sp³-hybridized carbons (Fsp3) is 0.100. The van der Waals surface area contributed by atoms with E-state index >= 15 is 0 Å². The van der Waals surface area contributed by atoms with Gasteiger partial charge in [-0.2, -0.15) is 5.26 Å². The summed E-state index contributed by atoms with van der Waals surface area (Å²) in [6, 6.07) is 5.92. The molecule has 0 radical (unpaired) electrons. The highest BCUT2D eigenvalue weighted by Gasteiger charge is 2.07. The van der Waals surface area contributed by atoms with Gasteiger partial charge in [0, 0.05) is 11.8 Å². The average molecular weight is 235 g/mol. The van der Waals surface area contributed by atoms with Crippen molar-refractivity contribution in [3.8, 4) is 6.07 Å². The van der Waals surface area contributed by atoms with Gasteiger partial charge >= 0.3 is 0 Å². The van der Waals surface area contributed by atoms with Crippen LogP contribution >= 0.6 is 11.8 Å². The zero-order chi connectivity index (χ0) is 11.5. The minimum absolute atomic E-state index is 0.263. The van der Waals surface area contributed by atoms with Gasteiger partial charge in [-0.3, -0.25) is 0 Å². The van der Waals surface area contributed by atoms with Crippen molar-refractivity contribution in [2.45, 2.75) is 17.0 Å². The molecule has 0 aliphatic heterocycles. The summed E-state index contributed by atoms with van der Waals surface area (Å²) in [5.74, 6) is -0.0165. The number of halogens is 1. The molecule has 0 spiro atoms. The Morgan fingerprint density at radius 3 is 2.81 bits per heavy atom. The monoisotopic (exact) mass is 235 g/mol. The van der Waals surface area contributed by atoms with Crippen molar-refractivity contribution in [3.63, 3.8) is 0 Å². The second-order valence-electron chi connectivity index (χ2n) is 2.98. The van der Waals surface area contributed by atoms with Gasteiger partial charge in [0.15, 0.2) is 0 Å². The summed E-state index contributed by atoms with van der Waals surface area (Å²) < 4.78 is 18.2. The van der Waals surface area contributed by atoms with Gasteiger partial charge in [0.2, 0.25) is 5.89 Å². The van der Waals surface area contributed by atoms with Crippen molar-refractivity contribution in [1.82, 2.24) is 10.2 Å². The van der Waals surface area contributed by atoms with Crippen LogP contribution < -0.4 is 0 Å². The van der Waals surface area contributed by atoms with Crippen LogP contribution in [0.5, 0.6) is 0 Å². The van der Waals surface area contributed by atoms with Crippen molar-refractivity contribution in [1.29, 1.82) is 5.26 Å². The van der Waals surface area contributed by atoms with E-state index in [0.717, 1.165) is 11.8 Å². The number of hydrogen-bond donors (Lipinski definition) is 0. The molecule has 0 aliphatic rings. The minimum Gasteiger partial charge on any atom is -0.416 e. The first kappa shape index (κ1) is 10.6. The third kappa shape index (κ3) is 2.38. The predicted octanol–water partition coefficient (Wildman–Crippen LogP) is 2.54. The minimum atomic E-state index is -0.460. The van der Waals surface area contributed by atoms with E-state index in [1.807, 2.05) is 6.07 Å². The van der Waals surface area contributed by atoms with Gasteiger partial charge in [0.05, 0.1) is 11.6 Å². The lowest BCUT2D eigenvalue weighted by Gasteiger charge is -1.97. The van der Waals surface area contributed by atoms with Gasteiger partial charge in [-0.15, -0.1) is 10.2 Å². The largest absolute Gasteiger partial charge is 0.416 e. The molecule has 0 fully saturated rings. The van der Waals surface area contributed by atoms with Crippen molar-refractivity contribution in [2.24, 2.45) is 0 Å². The SMILES string of the molecule is Cc1nnc(Sc2cc(F)cc(C#N)c2)o1. The molecule has 0 bridgehead atoms.